The van der Waals surface area contributed by atoms with Gasteiger partial charge in [0.25, 0.3) is 5.91 Å². The van der Waals surface area contributed by atoms with E-state index in [1.54, 1.807) is 0 Å². The molecule has 2 fully saturated rings. The van der Waals surface area contributed by atoms with E-state index in [2.05, 4.69) is 72.3 Å². The second-order valence-electron chi connectivity index (χ2n) is 12.8. The van der Waals surface area contributed by atoms with Crippen molar-refractivity contribution >= 4 is 5.91 Å². The average Bonchev–Trinajstić information content (AvgIpc) is 3.67. The van der Waals surface area contributed by atoms with Gasteiger partial charge in [-0.2, -0.15) is 0 Å². The lowest BCUT2D eigenvalue weighted by Gasteiger charge is -2.43. The normalized spacial score (nSPS) is 21.5. The molecule has 0 radical (unpaired) electrons. The van der Waals surface area contributed by atoms with Crippen molar-refractivity contribution in [1.82, 2.24) is 10.2 Å². The third-order valence-corrected chi connectivity index (χ3v) is 9.73. The predicted molar refractivity (Wildman–Crippen MR) is 186 cm³/mol. The van der Waals surface area contributed by atoms with Crippen LogP contribution in [0, 0.1) is 5.92 Å². The van der Waals surface area contributed by atoms with Gasteiger partial charge in [-0.15, -0.1) is 6.58 Å². The molecule has 4 aromatic carbocycles. The third-order valence-electron chi connectivity index (χ3n) is 9.73. The molecule has 2 N–H and O–H groups in total. The molecule has 6 rings (SSSR count). The van der Waals surface area contributed by atoms with Crippen molar-refractivity contribution in [2.24, 2.45) is 5.92 Å². The second-order valence-corrected chi connectivity index (χ2v) is 12.8. The minimum Gasteiger partial charge on any atom is -0.392 e. The van der Waals surface area contributed by atoms with Crippen LogP contribution >= 0.6 is 0 Å². The molecule has 4 atom stereocenters. The molecule has 1 saturated carbocycles. The fourth-order valence-corrected chi connectivity index (χ4v) is 7.01. The molecule has 1 aliphatic heterocycles. The van der Waals surface area contributed by atoms with Gasteiger partial charge in [-0.05, 0) is 52.8 Å². The zero-order valence-electron chi connectivity index (χ0n) is 27.3. The fraction of sp³-hybridized carbons (Fsp3) is 0.341. The highest BCUT2D eigenvalue weighted by molar-refractivity contribution is 5.94. The van der Waals surface area contributed by atoms with E-state index in [9.17, 15) is 9.90 Å². The zero-order valence-corrected chi connectivity index (χ0v) is 27.3. The van der Waals surface area contributed by atoms with Gasteiger partial charge in [-0.3, -0.25) is 9.69 Å². The maximum absolute atomic E-state index is 12.7. The topological polar surface area (TPSA) is 71.0 Å². The second kappa shape index (κ2) is 15.7. The first-order valence-electron chi connectivity index (χ1n) is 16.9. The summed E-state index contributed by atoms with van der Waals surface area (Å²) in [5.41, 5.74) is 6.77. The molecule has 1 saturated heterocycles. The number of aliphatic hydroxyl groups is 1. The molecular formula is C41H46N2O4. The number of nitrogens with zero attached hydrogens (tertiary/aromatic N) is 1. The molecule has 0 aromatic heterocycles. The van der Waals surface area contributed by atoms with E-state index < -0.39 is 6.29 Å². The van der Waals surface area contributed by atoms with Crippen LogP contribution in [-0.4, -0.2) is 41.1 Å². The van der Waals surface area contributed by atoms with E-state index in [-0.39, 0.29) is 30.6 Å². The molecule has 1 heterocycles. The van der Waals surface area contributed by atoms with Gasteiger partial charge in [0, 0.05) is 42.7 Å². The minimum atomic E-state index is -0.526. The lowest BCUT2D eigenvalue weighted by atomic mass is 9.89. The maximum atomic E-state index is 12.7. The number of hydrogen-bond acceptors (Lipinski definition) is 5. The maximum Gasteiger partial charge on any atom is 0.251 e. The Bertz CT molecular complexity index is 1600. The quantitative estimate of drug-likeness (QED) is 0.155. The van der Waals surface area contributed by atoms with E-state index >= 15 is 0 Å². The smallest absolute Gasteiger partial charge is 0.251 e. The van der Waals surface area contributed by atoms with E-state index in [0.29, 0.717) is 18.2 Å². The Balaban J connectivity index is 1.23. The van der Waals surface area contributed by atoms with Crippen molar-refractivity contribution in [3.8, 4) is 11.1 Å². The first-order chi connectivity index (χ1) is 23.0. The lowest BCUT2D eigenvalue weighted by molar-refractivity contribution is -0.276. The minimum absolute atomic E-state index is 0.0164. The van der Waals surface area contributed by atoms with E-state index in [0.717, 1.165) is 46.5 Å². The van der Waals surface area contributed by atoms with Crippen LogP contribution in [-0.2, 0) is 22.6 Å². The van der Waals surface area contributed by atoms with Crippen molar-refractivity contribution in [2.75, 3.05) is 13.1 Å². The van der Waals surface area contributed by atoms with Crippen LogP contribution in [0.3, 0.4) is 0 Å². The first kappa shape index (κ1) is 32.9. The van der Waals surface area contributed by atoms with Crippen LogP contribution in [0.2, 0.25) is 0 Å². The summed E-state index contributed by atoms with van der Waals surface area (Å²) in [7, 11) is 0. The van der Waals surface area contributed by atoms with Crippen LogP contribution in [0.15, 0.2) is 116 Å². The lowest BCUT2D eigenvalue weighted by Crippen LogP contribution is -2.47. The summed E-state index contributed by atoms with van der Waals surface area (Å²) in [4.78, 5) is 15.3. The SMILES string of the molecule is C=CCN(CC1OC(c2ccc(-c3ccccc3CNC(=O)c3ccccc3)cc2)OC(c2ccc(CO)cc2)C1C)C1CCCC1. The molecule has 4 unspecified atom stereocenters. The van der Waals surface area contributed by atoms with Gasteiger partial charge in [0.15, 0.2) is 6.29 Å². The van der Waals surface area contributed by atoms with Crippen LogP contribution in [0.5, 0.6) is 0 Å². The molecule has 4 aromatic rings. The van der Waals surface area contributed by atoms with Crippen molar-refractivity contribution in [1.29, 1.82) is 0 Å². The standard InChI is InChI=1S/C41H46N2O4/c1-3-25-43(36-14-8-9-15-36)27-38-29(2)39(32-19-17-30(28-44)18-20-32)47-41(46-38)34-23-21-31(22-24-34)37-16-10-7-13-35(37)26-42-40(45)33-11-5-4-6-12-33/h3-7,10-13,16-24,29,36,38-39,41,44H,1,8-9,14-15,25-28H2,2H3,(H,42,45). The van der Waals surface area contributed by atoms with E-state index in [1.165, 1.54) is 25.7 Å². The van der Waals surface area contributed by atoms with Gasteiger partial charge >= 0.3 is 0 Å². The molecular weight excluding hydrogens is 584 g/mol. The third kappa shape index (κ3) is 7.91. The molecule has 0 spiro atoms. The Morgan fingerprint density at radius 3 is 2.28 bits per heavy atom. The van der Waals surface area contributed by atoms with E-state index in [1.807, 2.05) is 60.7 Å². The highest BCUT2D eigenvalue weighted by Gasteiger charge is 2.40. The van der Waals surface area contributed by atoms with Crippen LogP contribution in [0.25, 0.3) is 11.1 Å². The largest absolute Gasteiger partial charge is 0.392 e. The van der Waals surface area contributed by atoms with Crippen molar-refractivity contribution in [3.05, 3.63) is 144 Å². The van der Waals surface area contributed by atoms with Gasteiger partial charge in [-0.25, -0.2) is 0 Å². The van der Waals surface area contributed by atoms with Crippen LogP contribution in [0.4, 0.5) is 0 Å². The summed E-state index contributed by atoms with van der Waals surface area (Å²) in [6, 6.07) is 34.5. The molecule has 47 heavy (non-hydrogen) atoms. The van der Waals surface area contributed by atoms with Crippen molar-refractivity contribution in [2.45, 2.75) is 70.3 Å². The fourth-order valence-electron chi connectivity index (χ4n) is 7.01. The molecule has 2 aliphatic rings. The Hall–Kier alpha value is -4.07. The first-order valence-corrected chi connectivity index (χ1v) is 16.9. The van der Waals surface area contributed by atoms with Crippen LogP contribution < -0.4 is 5.32 Å². The van der Waals surface area contributed by atoms with E-state index in [4.69, 9.17) is 9.47 Å². The zero-order chi connectivity index (χ0) is 32.6. The number of benzene rings is 4. The summed E-state index contributed by atoms with van der Waals surface area (Å²) >= 11 is 0. The van der Waals surface area contributed by atoms with Gasteiger partial charge < -0.3 is 19.9 Å². The Morgan fingerprint density at radius 2 is 1.57 bits per heavy atom. The molecule has 6 heteroatoms. The number of nitrogens with one attached hydrogen (secondary N) is 1. The number of carbonyl (C=O) groups is 1. The number of ether oxygens (including phenoxy) is 2. The number of hydrogen-bond donors (Lipinski definition) is 2. The summed E-state index contributed by atoms with van der Waals surface area (Å²) in [6.07, 6.45) is 6.29. The molecule has 6 nitrogen and oxygen atoms in total. The van der Waals surface area contributed by atoms with Gasteiger partial charge in [-0.1, -0.05) is 117 Å². The molecule has 1 amide bonds. The molecule has 244 valence electrons. The predicted octanol–water partition coefficient (Wildman–Crippen LogP) is 8.00. The van der Waals surface area contributed by atoms with Gasteiger partial charge in [0.05, 0.1) is 18.8 Å². The molecule has 0 bridgehead atoms. The van der Waals surface area contributed by atoms with Gasteiger partial charge in [0.2, 0.25) is 0 Å². The van der Waals surface area contributed by atoms with Gasteiger partial charge in [0.1, 0.15) is 0 Å². The number of carbonyl (C=O) groups excluding carboxylic acids is 1. The number of aliphatic hydroxyl groups excluding tert-OH is 1. The van der Waals surface area contributed by atoms with Crippen molar-refractivity contribution in [3.63, 3.8) is 0 Å². The summed E-state index contributed by atoms with van der Waals surface area (Å²) in [6.45, 7) is 8.39. The average molecular weight is 631 g/mol. The summed E-state index contributed by atoms with van der Waals surface area (Å²) in [5, 5.41) is 12.7. The van der Waals surface area contributed by atoms with Crippen molar-refractivity contribution < 1.29 is 19.4 Å². The summed E-state index contributed by atoms with van der Waals surface area (Å²) < 4.78 is 13.6. The highest BCUT2D eigenvalue weighted by atomic mass is 16.7. The monoisotopic (exact) mass is 630 g/mol. The molecule has 1 aliphatic carbocycles. The highest BCUT2D eigenvalue weighted by Crippen LogP contribution is 2.42. The number of rotatable bonds is 12. The van der Waals surface area contributed by atoms with Crippen LogP contribution in [0.1, 0.15) is 77.6 Å². The Kier molecular flexibility index (Phi) is 11.0. The number of amides is 1. The Morgan fingerprint density at radius 1 is 0.894 bits per heavy atom. The summed E-state index contributed by atoms with van der Waals surface area (Å²) in [5.74, 6) is 0.0310. The Labute approximate surface area is 279 Å².